The average molecular weight is 259 g/mol. The molecule has 2 aromatic rings. The molecule has 0 spiro atoms. The minimum absolute atomic E-state index is 0.761. The van der Waals surface area contributed by atoms with Gasteiger partial charge in [-0.2, -0.15) is 0 Å². The van der Waals surface area contributed by atoms with E-state index in [0.717, 1.165) is 36.6 Å². The number of rotatable bonds is 2. The van der Waals surface area contributed by atoms with Gasteiger partial charge in [0.2, 0.25) is 0 Å². The molecular weight excluding hydrogens is 244 g/mol. The van der Waals surface area contributed by atoms with Crippen LogP contribution in [0.15, 0.2) is 42.7 Å². The third kappa shape index (κ3) is 2.40. The molecule has 1 aliphatic heterocycles. The maximum Gasteiger partial charge on any atom is 0.0634 e. The number of pyridine rings is 1. The Hall–Kier alpha value is -1.38. The summed E-state index contributed by atoms with van der Waals surface area (Å²) in [7, 11) is 0. The highest BCUT2D eigenvalue weighted by molar-refractivity contribution is 6.31. The van der Waals surface area contributed by atoms with E-state index >= 15 is 0 Å². The minimum Gasteiger partial charge on any atom is -0.294 e. The molecule has 0 N–H and O–H groups in total. The van der Waals surface area contributed by atoms with Crippen LogP contribution < -0.4 is 0 Å². The average Bonchev–Trinajstić information content (AvgIpc) is 2.41. The zero-order valence-electron chi connectivity index (χ0n) is 10.1. The van der Waals surface area contributed by atoms with E-state index in [1.54, 1.807) is 12.4 Å². The van der Waals surface area contributed by atoms with Crippen LogP contribution in [-0.4, -0.2) is 16.4 Å². The van der Waals surface area contributed by atoms with Gasteiger partial charge in [0.25, 0.3) is 0 Å². The summed E-state index contributed by atoms with van der Waals surface area (Å²) < 4.78 is 0. The van der Waals surface area contributed by atoms with Crippen molar-refractivity contribution >= 4 is 11.6 Å². The van der Waals surface area contributed by atoms with E-state index in [2.05, 4.69) is 34.1 Å². The molecule has 1 aromatic carbocycles. The van der Waals surface area contributed by atoms with Crippen LogP contribution in [0.3, 0.4) is 0 Å². The van der Waals surface area contributed by atoms with E-state index in [0.29, 0.717) is 0 Å². The molecule has 18 heavy (non-hydrogen) atoms. The van der Waals surface area contributed by atoms with Crippen molar-refractivity contribution in [3.63, 3.8) is 0 Å². The zero-order chi connectivity index (χ0) is 12.4. The molecule has 0 atom stereocenters. The van der Waals surface area contributed by atoms with E-state index in [1.807, 2.05) is 6.07 Å². The second-order valence-electron chi connectivity index (χ2n) is 4.70. The Kier molecular flexibility index (Phi) is 3.31. The Bertz CT molecular complexity index is 554. The number of aromatic nitrogens is 1. The Morgan fingerprint density at radius 1 is 1.17 bits per heavy atom. The van der Waals surface area contributed by atoms with Gasteiger partial charge in [-0.25, -0.2) is 0 Å². The summed E-state index contributed by atoms with van der Waals surface area (Å²) in [6.45, 7) is 3.00. The van der Waals surface area contributed by atoms with Gasteiger partial charge in [0, 0.05) is 32.0 Å². The largest absolute Gasteiger partial charge is 0.294 e. The number of hydrogen-bond acceptors (Lipinski definition) is 2. The lowest BCUT2D eigenvalue weighted by Gasteiger charge is -2.28. The van der Waals surface area contributed by atoms with Gasteiger partial charge in [-0.05, 0) is 29.2 Å². The predicted molar refractivity (Wildman–Crippen MR) is 73.5 cm³/mol. The molecular formula is C15H15ClN2. The van der Waals surface area contributed by atoms with Gasteiger partial charge in [-0.1, -0.05) is 35.9 Å². The van der Waals surface area contributed by atoms with Crippen LogP contribution in [0.25, 0.3) is 0 Å². The van der Waals surface area contributed by atoms with E-state index in [9.17, 15) is 0 Å². The van der Waals surface area contributed by atoms with E-state index < -0.39 is 0 Å². The highest BCUT2D eigenvalue weighted by Gasteiger charge is 2.16. The Labute approximate surface area is 112 Å². The Morgan fingerprint density at radius 3 is 2.83 bits per heavy atom. The van der Waals surface area contributed by atoms with Crippen LogP contribution in [-0.2, 0) is 19.5 Å². The predicted octanol–water partition coefficient (Wildman–Crippen LogP) is 3.29. The number of benzene rings is 1. The van der Waals surface area contributed by atoms with E-state index in [-0.39, 0.29) is 0 Å². The number of fused-ring (bicyclic) bond motifs is 1. The lowest BCUT2D eigenvalue weighted by molar-refractivity contribution is 0.245. The van der Waals surface area contributed by atoms with Gasteiger partial charge in [0.05, 0.1) is 5.02 Å². The lowest BCUT2D eigenvalue weighted by atomic mass is 9.99. The van der Waals surface area contributed by atoms with Crippen LogP contribution >= 0.6 is 11.6 Å². The maximum atomic E-state index is 6.15. The zero-order valence-corrected chi connectivity index (χ0v) is 10.9. The van der Waals surface area contributed by atoms with Gasteiger partial charge in [0.15, 0.2) is 0 Å². The van der Waals surface area contributed by atoms with Crippen molar-refractivity contribution in [3.8, 4) is 0 Å². The fourth-order valence-electron chi connectivity index (χ4n) is 2.46. The van der Waals surface area contributed by atoms with E-state index in [4.69, 9.17) is 11.6 Å². The van der Waals surface area contributed by atoms with Gasteiger partial charge in [0.1, 0.15) is 0 Å². The highest BCUT2D eigenvalue weighted by Crippen LogP contribution is 2.22. The molecule has 0 radical (unpaired) electrons. The van der Waals surface area contributed by atoms with Crippen molar-refractivity contribution in [1.82, 2.24) is 9.88 Å². The first-order chi connectivity index (χ1) is 8.83. The van der Waals surface area contributed by atoms with Crippen molar-refractivity contribution < 1.29 is 0 Å². The fraction of sp³-hybridized carbons (Fsp3) is 0.267. The molecule has 1 aliphatic rings. The molecule has 3 rings (SSSR count). The fourth-order valence-corrected chi connectivity index (χ4v) is 2.64. The van der Waals surface area contributed by atoms with Gasteiger partial charge in [-0.15, -0.1) is 0 Å². The first-order valence-electron chi connectivity index (χ1n) is 6.20. The van der Waals surface area contributed by atoms with Gasteiger partial charge in [-0.3, -0.25) is 9.88 Å². The maximum absolute atomic E-state index is 6.15. The third-order valence-corrected chi connectivity index (χ3v) is 3.80. The molecule has 0 fully saturated rings. The first-order valence-corrected chi connectivity index (χ1v) is 6.58. The minimum atomic E-state index is 0.761. The van der Waals surface area contributed by atoms with Crippen LogP contribution in [0, 0.1) is 0 Å². The molecule has 0 bridgehead atoms. The Morgan fingerprint density at radius 2 is 2.00 bits per heavy atom. The van der Waals surface area contributed by atoms with Gasteiger partial charge < -0.3 is 0 Å². The molecule has 0 unspecified atom stereocenters. The summed E-state index contributed by atoms with van der Waals surface area (Å²) in [5.74, 6) is 0. The van der Waals surface area contributed by atoms with E-state index in [1.165, 1.54) is 11.1 Å². The van der Waals surface area contributed by atoms with Crippen LogP contribution in [0.4, 0.5) is 0 Å². The number of hydrogen-bond donors (Lipinski definition) is 0. The van der Waals surface area contributed by atoms with Crippen molar-refractivity contribution in [2.75, 3.05) is 6.54 Å². The summed E-state index contributed by atoms with van der Waals surface area (Å²) in [5, 5.41) is 0.761. The summed E-state index contributed by atoms with van der Waals surface area (Å²) in [6.07, 6.45) is 4.65. The molecule has 1 aromatic heterocycles. The molecule has 0 saturated carbocycles. The van der Waals surface area contributed by atoms with Crippen LogP contribution in [0.1, 0.15) is 16.7 Å². The molecule has 3 heteroatoms. The SMILES string of the molecule is Clc1cnccc1CN1CCc2ccccc2C1. The van der Waals surface area contributed by atoms with Crippen LogP contribution in [0.5, 0.6) is 0 Å². The summed E-state index contributed by atoms with van der Waals surface area (Å²) in [6, 6.07) is 10.7. The Balaban J connectivity index is 1.75. The van der Waals surface area contributed by atoms with Crippen molar-refractivity contribution in [2.45, 2.75) is 19.5 Å². The molecule has 0 amide bonds. The normalized spacial score (nSPS) is 15.4. The van der Waals surface area contributed by atoms with Crippen molar-refractivity contribution in [1.29, 1.82) is 0 Å². The molecule has 0 saturated heterocycles. The van der Waals surface area contributed by atoms with Crippen molar-refractivity contribution in [3.05, 3.63) is 64.4 Å². The number of halogens is 1. The first kappa shape index (κ1) is 11.7. The molecule has 92 valence electrons. The van der Waals surface area contributed by atoms with Gasteiger partial charge >= 0.3 is 0 Å². The topological polar surface area (TPSA) is 16.1 Å². The summed E-state index contributed by atoms with van der Waals surface area (Å²) in [4.78, 5) is 6.46. The summed E-state index contributed by atoms with van der Waals surface area (Å²) in [5.41, 5.74) is 4.08. The molecule has 2 nitrogen and oxygen atoms in total. The standard InChI is InChI=1S/C15H15ClN2/c16-15-9-17-7-5-14(15)11-18-8-6-12-3-1-2-4-13(12)10-18/h1-5,7,9H,6,8,10-11H2. The molecule has 0 aliphatic carbocycles. The smallest absolute Gasteiger partial charge is 0.0634 e. The van der Waals surface area contributed by atoms with Crippen LogP contribution in [0.2, 0.25) is 5.02 Å². The second-order valence-corrected chi connectivity index (χ2v) is 5.10. The number of nitrogens with zero attached hydrogens (tertiary/aromatic N) is 2. The second kappa shape index (κ2) is 5.09. The molecule has 2 heterocycles. The highest BCUT2D eigenvalue weighted by atomic mass is 35.5. The third-order valence-electron chi connectivity index (χ3n) is 3.46. The summed E-state index contributed by atoms with van der Waals surface area (Å²) >= 11 is 6.15. The quantitative estimate of drug-likeness (QED) is 0.822. The monoisotopic (exact) mass is 258 g/mol. The lowest BCUT2D eigenvalue weighted by Crippen LogP contribution is -2.30. The van der Waals surface area contributed by atoms with Crippen molar-refractivity contribution in [2.24, 2.45) is 0 Å².